The van der Waals surface area contributed by atoms with E-state index >= 15 is 0 Å². The summed E-state index contributed by atoms with van der Waals surface area (Å²) in [4.78, 5) is 15.2. The summed E-state index contributed by atoms with van der Waals surface area (Å²) in [7, 11) is 0. The Balaban J connectivity index is 2.11. The molecule has 0 fully saturated rings. The van der Waals surface area contributed by atoms with Crippen LogP contribution in [-0.2, 0) is 0 Å². The van der Waals surface area contributed by atoms with Gasteiger partial charge in [-0.2, -0.15) is 0 Å². The average molecular weight is 503 g/mol. The molecule has 0 aliphatic rings. The van der Waals surface area contributed by atoms with Crippen molar-refractivity contribution in [2.45, 2.75) is 24.7 Å². The molecular formula is C15H21S2Sn2. The minimum atomic E-state index is -1.85. The second-order valence-electron chi connectivity index (χ2n) is 5.99. The van der Waals surface area contributed by atoms with Gasteiger partial charge in [-0.25, -0.2) is 0 Å². The standard InChI is InChI=1S/C10H6S2.5CH3.2Sn/c1-3-9(11-7-1)5-6-10-4-2-8-12-10;;;;;;;/h1-6H;5*1H3;;/b6-5+;;;;;;;. The SMILES string of the molecule is [CH3][Sn]([CH3])[c]1ccc(/C=C/c2cc[c]([Sn]([CH3])([CH3])[CH3])s2)s1. The summed E-state index contributed by atoms with van der Waals surface area (Å²) in [6, 6.07) is 9.25. The number of hydrogen-bond acceptors (Lipinski definition) is 2. The molecule has 0 saturated carbocycles. The van der Waals surface area contributed by atoms with Crippen LogP contribution in [0.1, 0.15) is 9.75 Å². The molecule has 1 radical (unpaired) electrons. The molecule has 4 heteroatoms. The van der Waals surface area contributed by atoms with E-state index in [9.17, 15) is 0 Å². The van der Waals surface area contributed by atoms with Crippen molar-refractivity contribution in [3.8, 4) is 0 Å². The molecule has 0 N–H and O–H groups in total. The number of rotatable bonds is 4. The molecule has 2 rings (SSSR count). The molecule has 0 nitrogen and oxygen atoms in total. The Morgan fingerprint density at radius 2 is 1.47 bits per heavy atom. The van der Waals surface area contributed by atoms with Gasteiger partial charge in [0.05, 0.1) is 0 Å². The monoisotopic (exact) mass is 505 g/mol. The molecule has 0 spiro atoms. The van der Waals surface area contributed by atoms with E-state index in [0.29, 0.717) is 0 Å². The van der Waals surface area contributed by atoms with E-state index in [4.69, 9.17) is 0 Å². The van der Waals surface area contributed by atoms with E-state index in [2.05, 4.69) is 61.1 Å². The molecule has 2 aromatic heterocycles. The van der Waals surface area contributed by atoms with E-state index in [1.54, 1.807) is 5.79 Å². The average Bonchev–Trinajstić information content (AvgIpc) is 2.95. The molecular weight excluding hydrogens is 482 g/mol. The fourth-order valence-electron chi connectivity index (χ4n) is 1.72. The van der Waals surface area contributed by atoms with Crippen LogP contribution in [0.4, 0.5) is 0 Å². The fourth-order valence-corrected chi connectivity index (χ4v) is 12.8. The molecule has 19 heavy (non-hydrogen) atoms. The summed E-state index contributed by atoms with van der Waals surface area (Å²) in [5.41, 5.74) is 0. The number of hydrogen-bond donors (Lipinski definition) is 0. The van der Waals surface area contributed by atoms with Crippen molar-refractivity contribution in [2.24, 2.45) is 0 Å². The normalized spacial score (nSPS) is 12.7. The molecule has 0 aromatic carbocycles. The van der Waals surface area contributed by atoms with Gasteiger partial charge in [-0.15, -0.1) is 0 Å². The van der Waals surface area contributed by atoms with E-state index < -0.39 is 38.1 Å². The van der Waals surface area contributed by atoms with Crippen LogP contribution in [0, 0.1) is 0 Å². The van der Waals surface area contributed by atoms with Gasteiger partial charge in [0, 0.05) is 0 Å². The topological polar surface area (TPSA) is 0 Å². The van der Waals surface area contributed by atoms with Gasteiger partial charge in [-0.05, 0) is 0 Å². The summed E-state index contributed by atoms with van der Waals surface area (Å²) < 4.78 is 3.33. The second-order valence-corrected chi connectivity index (χ2v) is 31.9. The van der Waals surface area contributed by atoms with Crippen LogP contribution in [0.5, 0.6) is 0 Å². The molecule has 0 aliphatic heterocycles. The Kier molecular flexibility index (Phi) is 5.65. The van der Waals surface area contributed by atoms with Crippen molar-refractivity contribution < 1.29 is 0 Å². The third-order valence-electron chi connectivity index (χ3n) is 2.90. The van der Waals surface area contributed by atoms with Gasteiger partial charge in [0.1, 0.15) is 0 Å². The molecule has 0 unspecified atom stereocenters. The molecule has 101 valence electrons. The second kappa shape index (κ2) is 6.67. The van der Waals surface area contributed by atoms with Crippen molar-refractivity contribution in [3.63, 3.8) is 0 Å². The van der Waals surface area contributed by atoms with E-state index in [1.165, 1.54) is 9.75 Å². The van der Waals surface area contributed by atoms with Gasteiger partial charge in [-0.1, -0.05) is 0 Å². The van der Waals surface area contributed by atoms with Crippen LogP contribution in [0.3, 0.4) is 0 Å². The van der Waals surface area contributed by atoms with E-state index in [0.717, 1.165) is 0 Å². The summed E-state index contributed by atoms with van der Waals surface area (Å²) in [6.45, 7) is 0. The molecule has 2 heterocycles. The fraction of sp³-hybridized carbons (Fsp3) is 0.333. The van der Waals surface area contributed by atoms with Crippen molar-refractivity contribution in [1.82, 2.24) is 0 Å². The first-order valence-corrected chi connectivity index (χ1v) is 25.3. The van der Waals surface area contributed by atoms with Crippen molar-refractivity contribution in [1.29, 1.82) is 0 Å². The van der Waals surface area contributed by atoms with Gasteiger partial charge in [0.15, 0.2) is 0 Å². The molecule has 0 amide bonds. The maximum absolute atomic E-state index is 2.48. The van der Waals surface area contributed by atoms with Crippen LogP contribution < -0.4 is 5.79 Å². The molecule has 0 aliphatic carbocycles. The quantitative estimate of drug-likeness (QED) is 0.541. The van der Waals surface area contributed by atoms with Gasteiger partial charge < -0.3 is 0 Å². The van der Waals surface area contributed by atoms with Crippen LogP contribution in [-0.4, -0.2) is 38.1 Å². The Labute approximate surface area is 136 Å². The third kappa shape index (κ3) is 4.61. The molecule has 2 aromatic rings. The van der Waals surface area contributed by atoms with E-state index in [-0.39, 0.29) is 0 Å². The van der Waals surface area contributed by atoms with E-state index in [1.807, 2.05) is 22.7 Å². The first-order valence-electron chi connectivity index (χ1n) is 6.55. The van der Waals surface area contributed by atoms with Crippen molar-refractivity contribution in [2.75, 3.05) is 0 Å². The summed E-state index contributed by atoms with van der Waals surface area (Å²) >= 11 is 0.978. The Hall–Kier alpha value is 0.737. The van der Waals surface area contributed by atoms with Gasteiger partial charge in [0.2, 0.25) is 0 Å². The van der Waals surface area contributed by atoms with Crippen LogP contribution in [0.15, 0.2) is 24.3 Å². The number of thiophene rings is 2. The van der Waals surface area contributed by atoms with Gasteiger partial charge in [0.25, 0.3) is 0 Å². The van der Waals surface area contributed by atoms with Crippen LogP contribution in [0.2, 0.25) is 24.7 Å². The first kappa shape index (κ1) is 16.1. The Morgan fingerprint density at radius 3 is 1.95 bits per heavy atom. The molecule has 0 saturated heterocycles. The van der Waals surface area contributed by atoms with Crippen molar-refractivity contribution >= 4 is 78.7 Å². The summed E-state index contributed by atoms with van der Waals surface area (Å²) in [5, 5.41) is 0. The minimum absolute atomic E-state index is 1.16. The summed E-state index contributed by atoms with van der Waals surface area (Å²) in [5.74, 6) is 0. The molecule has 0 atom stereocenters. The first-order chi connectivity index (χ1) is 8.86. The van der Waals surface area contributed by atoms with Crippen LogP contribution in [0.25, 0.3) is 12.2 Å². The predicted molar refractivity (Wildman–Crippen MR) is 97.7 cm³/mol. The zero-order valence-electron chi connectivity index (χ0n) is 12.3. The predicted octanol–water partition coefficient (Wildman–Crippen LogP) is 4.49. The van der Waals surface area contributed by atoms with Gasteiger partial charge >= 0.3 is 137 Å². The maximum atomic E-state index is 2.48. The van der Waals surface area contributed by atoms with Gasteiger partial charge in [-0.3, -0.25) is 0 Å². The van der Waals surface area contributed by atoms with Crippen molar-refractivity contribution in [3.05, 3.63) is 34.0 Å². The zero-order valence-corrected chi connectivity index (χ0v) is 19.6. The Bertz CT molecular complexity index is 571. The third-order valence-corrected chi connectivity index (χ3v) is 21.2. The Morgan fingerprint density at radius 1 is 0.895 bits per heavy atom. The zero-order chi connectivity index (χ0) is 14.0. The summed E-state index contributed by atoms with van der Waals surface area (Å²) in [6.07, 6.45) is 4.57. The molecule has 0 bridgehead atoms. The van der Waals surface area contributed by atoms with Crippen LogP contribution >= 0.6 is 22.7 Å².